The van der Waals surface area contributed by atoms with Gasteiger partial charge in [0.25, 0.3) is 5.69 Å². The Kier molecular flexibility index (Phi) is 3.60. The fraction of sp³-hybridized carbons (Fsp3) is 0.200. The smallest absolute Gasteiger partial charge is 0.269 e. The van der Waals surface area contributed by atoms with E-state index in [4.69, 9.17) is 4.74 Å². The standard InChI is InChI=1S/C15H13NO3S/c17-16(18)12-5-7-13(8-6-12)19-10-14-9-11-3-1-2-4-15(11)20-14/h1-8,14H,9-10H2. The first-order chi connectivity index (χ1) is 9.72. The molecule has 0 aliphatic carbocycles. The van der Waals surface area contributed by atoms with Crippen molar-refractivity contribution >= 4 is 17.4 Å². The molecule has 0 bridgehead atoms. The van der Waals surface area contributed by atoms with Crippen molar-refractivity contribution in [3.8, 4) is 5.75 Å². The highest BCUT2D eigenvalue weighted by Crippen LogP contribution is 2.36. The van der Waals surface area contributed by atoms with Gasteiger partial charge in [-0.1, -0.05) is 18.2 Å². The molecular formula is C15H13NO3S. The fourth-order valence-electron chi connectivity index (χ4n) is 2.20. The number of benzene rings is 2. The number of nitrogens with zero attached hydrogens (tertiary/aromatic N) is 1. The largest absolute Gasteiger partial charge is 0.492 e. The second-order valence-electron chi connectivity index (χ2n) is 4.61. The Bertz CT molecular complexity index is 602. The monoisotopic (exact) mass is 287 g/mol. The van der Waals surface area contributed by atoms with Crippen molar-refractivity contribution in [2.75, 3.05) is 6.61 Å². The van der Waals surface area contributed by atoms with Gasteiger partial charge in [-0.3, -0.25) is 10.1 Å². The highest BCUT2D eigenvalue weighted by atomic mass is 32.2. The van der Waals surface area contributed by atoms with Crippen molar-refractivity contribution in [3.05, 3.63) is 64.2 Å². The van der Waals surface area contributed by atoms with Crippen molar-refractivity contribution in [1.29, 1.82) is 0 Å². The predicted octanol–water partition coefficient (Wildman–Crippen LogP) is 3.69. The summed E-state index contributed by atoms with van der Waals surface area (Å²) in [6, 6.07) is 14.6. The summed E-state index contributed by atoms with van der Waals surface area (Å²) in [7, 11) is 0. The normalized spacial score (nSPS) is 16.7. The average molecular weight is 287 g/mol. The number of rotatable bonds is 4. The van der Waals surface area contributed by atoms with E-state index in [-0.39, 0.29) is 5.69 Å². The number of fused-ring (bicyclic) bond motifs is 1. The van der Waals surface area contributed by atoms with E-state index in [9.17, 15) is 10.1 Å². The maximum atomic E-state index is 10.6. The molecule has 20 heavy (non-hydrogen) atoms. The van der Waals surface area contributed by atoms with Crippen LogP contribution in [0.2, 0.25) is 0 Å². The lowest BCUT2D eigenvalue weighted by molar-refractivity contribution is -0.384. The fourth-order valence-corrected chi connectivity index (χ4v) is 3.42. The van der Waals surface area contributed by atoms with Crippen LogP contribution in [0.1, 0.15) is 5.56 Å². The molecule has 0 amide bonds. The summed E-state index contributed by atoms with van der Waals surface area (Å²) in [4.78, 5) is 11.5. The molecular weight excluding hydrogens is 274 g/mol. The van der Waals surface area contributed by atoms with Crippen molar-refractivity contribution in [3.63, 3.8) is 0 Å². The van der Waals surface area contributed by atoms with Gasteiger partial charge in [-0.15, -0.1) is 11.8 Å². The quantitative estimate of drug-likeness (QED) is 0.635. The second kappa shape index (κ2) is 5.54. The van der Waals surface area contributed by atoms with E-state index in [0.29, 0.717) is 17.6 Å². The van der Waals surface area contributed by atoms with Crippen molar-refractivity contribution in [1.82, 2.24) is 0 Å². The lowest BCUT2D eigenvalue weighted by Gasteiger charge is -2.10. The minimum Gasteiger partial charge on any atom is -0.492 e. The molecule has 1 atom stereocenters. The molecule has 0 saturated carbocycles. The van der Waals surface area contributed by atoms with Crippen LogP contribution in [-0.4, -0.2) is 16.8 Å². The van der Waals surface area contributed by atoms with Gasteiger partial charge < -0.3 is 4.74 Å². The Morgan fingerprint density at radius 1 is 1.20 bits per heavy atom. The maximum Gasteiger partial charge on any atom is 0.269 e. The number of ether oxygens (including phenoxy) is 1. The SMILES string of the molecule is O=[N+]([O-])c1ccc(OCC2Cc3ccccc3S2)cc1. The molecule has 0 radical (unpaired) electrons. The number of hydrogen-bond donors (Lipinski definition) is 0. The topological polar surface area (TPSA) is 52.4 Å². The third-order valence-corrected chi connectivity index (χ3v) is 4.49. The van der Waals surface area contributed by atoms with Gasteiger partial charge in [0.2, 0.25) is 0 Å². The third-order valence-electron chi connectivity index (χ3n) is 3.20. The molecule has 1 heterocycles. The van der Waals surface area contributed by atoms with Crippen LogP contribution >= 0.6 is 11.8 Å². The van der Waals surface area contributed by atoms with Gasteiger partial charge in [-0.25, -0.2) is 0 Å². The molecule has 2 aromatic carbocycles. The first-order valence-corrected chi connectivity index (χ1v) is 7.22. The molecule has 2 aromatic rings. The van der Waals surface area contributed by atoms with E-state index in [1.807, 2.05) is 17.8 Å². The van der Waals surface area contributed by atoms with Crippen molar-refractivity contribution in [2.24, 2.45) is 0 Å². The van der Waals surface area contributed by atoms with E-state index in [2.05, 4.69) is 18.2 Å². The number of non-ortho nitro benzene ring substituents is 1. The number of thioether (sulfide) groups is 1. The molecule has 3 rings (SSSR count). The summed E-state index contributed by atoms with van der Waals surface area (Å²) in [5.74, 6) is 0.673. The summed E-state index contributed by atoms with van der Waals surface area (Å²) in [6.45, 7) is 0.608. The molecule has 4 nitrogen and oxygen atoms in total. The van der Waals surface area contributed by atoms with Gasteiger partial charge in [-0.05, 0) is 30.2 Å². The van der Waals surface area contributed by atoms with E-state index < -0.39 is 4.92 Å². The molecule has 0 N–H and O–H groups in total. The Morgan fingerprint density at radius 2 is 1.95 bits per heavy atom. The van der Waals surface area contributed by atoms with E-state index in [1.54, 1.807) is 12.1 Å². The van der Waals surface area contributed by atoms with Gasteiger partial charge in [0.05, 0.1) is 4.92 Å². The van der Waals surface area contributed by atoms with Gasteiger partial charge in [0.1, 0.15) is 12.4 Å². The lowest BCUT2D eigenvalue weighted by Crippen LogP contribution is -2.13. The lowest BCUT2D eigenvalue weighted by atomic mass is 10.1. The highest BCUT2D eigenvalue weighted by Gasteiger charge is 2.22. The van der Waals surface area contributed by atoms with Crippen LogP contribution in [0.5, 0.6) is 5.75 Å². The van der Waals surface area contributed by atoms with Crippen molar-refractivity contribution < 1.29 is 9.66 Å². The van der Waals surface area contributed by atoms with Gasteiger partial charge in [-0.2, -0.15) is 0 Å². The predicted molar refractivity (Wildman–Crippen MR) is 78.4 cm³/mol. The van der Waals surface area contributed by atoms with Gasteiger partial charge in [0, 0.05) is 22.3 Å². The Labute approximate surface area is 120 Å². The van der Waals surface area contributed by atoms with Crippen LogP contribution in [0.15, 0.2) is 53.4 Å². The molecule has 1 unspecified atom stereocenters. The van der Waals surface area contributed by atoms with E-state index >= 15 is 0 Å². The first kappa shape index (κ1) is 13.0. The van der Waals surface area contributed by atoms with Crippen LogP contribution in [-0.2, 0) is 6.42 Å². The summed E-state index contributed by atoms with van der Waals surface area (Å²) < 4.78 is 5.71. The zero-order valence-electron chi connectivity index (χ0n) is 10.7. The number of nitro benzene ring substituents is 1. The minimum atomic E-state index is -0.409. The molecule has 0 fully saturated rings. The molecule has 0 saturated heterocycles. The minimum absolute atomic E-state index is 0.0833. The van der Waals surface area contributed by atoms with E-state index in [0.717, 1.165) is 6.42 Å². The highest BCUT2D eigenvalue weighted by molar-refractivity contribution is 8.00. The molecule has 102 valence electrons. The van der Waals surface area contributed by atoms with Gasteiger partial charge >= 0.3 is 0 Å². The maximum absolute atomic E-state index is 10.6. The van der Waals surface area contributed by atoms with Crippen LogP contribution in [0, 0.1) is 10.1 Å². The van der Waals surface area contributed by atoms with Crippen LogP contribution < -0.4 is 4.74 Å². The number of nitro groups is 1. The Morgan fingerprint density at radius 3 is 2.65 bits per heavy atom. The second-order valence-corrected chi connectivity index (χ2v) is 5.96. The van der Waals surface area contributed by atoms with Crippen LogP contribution in [0.3, 0.4) is 0 Å². The van der Waals surface area contributed by atoms with Gasteiger partial charge in [0.15, 0.2) is 0 Å². The summed E-state index contributed by atoms with van der Waals surface area (Å²) in [5.41, 5.74) is 1.45. The van der Waals surface area contributed by atoms with Crippen LogP contribution in [0.25, 0.3) is 0 Å². The zero-order chi connectivity index (χ0) is 13.9. The summed E-state index contributed by atoms with van der Waals surface area (Å²) >= 11 is 1.83. The van der Waals surface area contributed by atoms with Crippen LogP contribution in [0.4, 0.5) is 5.69 Å². The Hall–Kier alpha value is -2.01. The molecule has 1 aliphatic rings. The molecule has 0 spiro atoms. The molecule has 5 heteroatoms. The number of hydrogen-bond acceptors (Lipinski definition) is 4. The van der Waals surface area contributed by atoms with Crippen molar-refractivity contribution in [2.45, 2.75) is 16.6 Å². The third kappa shape index (κ3) is 2.77. The first-order valence-electron chi connectivity index (χ1n) is 6.34. The average Bonchev–Trinajstić information content (AvgIpc) is 2.88. The molecule has 0 aromatic heterocycles. The zero-order valence-corrected chi connectivity index (χ0v) is 11.5. The Balaban J connectivity index is 1.57. The molecule has 1 aliphatic heterocycles. The summed E-state index contributed by atoms with van der Waals surface area (Å²) in [6.07, 6.45) is 1.01. The van der Waals surface area contributed by atoms with E-state index in [1.165, 1.54) is 22.6 Å². The summed E-state index contributed by atoms with van der Waals surface area (Å²) in [5, 5.41) is 11.0.